The predicted octanol–water partition coefficient (Wildman–Crippen LogP) is 1.89. The van der Waals surface area contributed by atoms with Gasteiger partial charge in [0.25, 0.3) is 5.91 Å². The first-order valence-electron chi connectivity index (χ1n) is 3.28. The highest BCUT2D eigenvalue weighted by atomic mass is 35.5. The number of benzene rings is 1. The van der Waals surface area contributed by atoms with Crippen LogP contribution in [0.4, 0.5) is 4.39 Å². The lowest BCUT2D eigenvalue weighted by Gasteiger charge is -2.04. The van der Waals surface area contributed by atoms with E-state index < -0.39 is 11.7 Å². The Morgan fingerprint density at radius 3 is 2.58 bits per heavy atom. The minimum Gasteiger partial charge on any atom is -0.366 e. The molecule has 0 unspecified atom stereocenters. The molecule has 0 fully saturated rings. The maximum atomic E-state index is 12.9. The lowest BCUT2D eigenvalue weighted by molar-refractivity contribution is 0.0999. The molecule has 0 atom stereocenters. The highest BCUT2D eigenvalue weighted by molar-refractivity contribution is 6.34. The van der Waals surface area contributed by atoms with Gasteiger partial charge in [0.2, 0.25) is 0 Å². The van der Waals surface area contributed by atoms with Gasteiger partial charge in [-0.15, -0.1) is 0 Å². The standard InChI is InChI=1S/C8H7ClFNO/c1-4-6(10)3-2-5(9)7(4)8(11)12/h2-3H,1H3,(H2,11,12). The first-order valence-corrected chi connectivity index (χ1v) is 3.66. The number of rotatable bonds is 1. The second kappa shape index (κ2) is 3.11. The number of primary amides is 1. The van der Waals surface area contributed by atoms with Crippen LogP contribution in [0, 0.1) is 12.7 Å². The lowest BCUT2D eigenvalue weighted by atomic mass is 10.1. The molecule has 4 heteroatoms. The zero-order chi connectivity index (χ0) is 9.30. The van der Waals surface area contributed by atoms with Crippen LogP contribution in [0.25, 0.3) is 0 Å². The Kier molecular flexibility index (Phi) is 2.33. The molecule has 1 aromatic carbocycles. The third-order valence-corrected chi connectivity index (χ3v) is 1.91. The molecule has 1 amide bonds. The van der Waals surface area contributed by atoms with E-state index in [1.165, 1.54) is 19.1 Å². The van der Waals surface area contributed by atoms with E-state index in [0.717, 1.165) is 0 Å². The van der Waals surface area contributed by atoms with Crippen LogP contribution in [0.3, 0.4) is 0 Å². The molecule has 1 rings (SSSR count). The minimum atomic E-state index is -0.711. The van der Waals surface area contributed by atoms with Gasteiger partial charge in [0.05, 0.1) is 10.6 Å². The Balaban J connectivity index is 3.43. The van der Waals surface area contributed by atoms with Crippen molar-refractivity contribution in [3.05, 3.63) is 34.1 Å². The maximum absolute atomic E-state index is 12.9. The van der Waals surface area contributed by atoms with Gasteiger partial charge in [-0.2, -0.15) is 0 Å². The van der Waals surface area contributed by atoms with Gasteiger partial charge in [-0.1, -0.05) is 11.6 Å². The summed E-state index contributed by atoms with van der Waals surface area (Å²) in [6, 6.07) is 2.51. The van der Waals surface area contributed by atoms with Gasteiger partial charge < -0.3 is 5.73 Å². The van der Waals surface area contributed by atoms with Crippen LogP contribution in [-0.4, -0.2) is 5.91 Å². The zero-order valence-electron chi connectivity index (χ0n) is 6.40. The summed E-state index contributed by atoms with van der Waals surface area (Å²) in [6.45, 7) is 1.46. The van der Waals surface area contributed by atoms with Crippen LogP contribution in [-0.2, 0) is 0 Å². The van der Waals surface area contributed by atoms with Crippen molar-refractivity contribution in [1.82, 2.24) is 0 Å². The molecule has 0 aromatic heterocycles. The zero-order valence-corrected chi connectivity index (χ0v) is 7.15. The van der Waals surface area contributed by atoms with Crippen molar-refractivity contribution in [2.75, 3.05) is 0 Å². The third-order valence-electron chi connectivity index (χ3n) is 1.59. The van der Waals surface area contributed by atoms with E-state index in [2.05, 4.69) is 0 Å². The molecule has 0 heterocycles. The van der Waals surface area contributed by atoms with E-state index in [1.54, 1.807) is 0 Å². The molecule has 0 saturated heterocycles. The molecule has 2 N–H and O–H groups in total. The number of carbonyl (C=O) groups excluding carboxylic acids is 1. The molecular formula is C8H7ClFNO. The van der Waals surface area contributed by atoms with Gasteiger partial charge in [0.1, 0.15) is 5.82 Å². The highest BCUT2D eigenvalue weighted by Gasteiger charge is 2.12. The van der Waals surface area contributed by atoms with Crippen LogP contribution in [0.1, 0.15) is 15.9 Å². The third kappa shape index (κ3) is 1.41. The normalized spacial score (nSPS) is 9.92. The predicted molar refractivity (Wildman–Crippen MR) is 44.7 cm³/mol. The van der Waals surface area contributed by atoms with Crippen molar-refractivity contribution >= 4 is 17.5 Å². The quantitative estimate of drug-likeness (QED) is 0.717. The fourth-order valence-corrected chi connectivity index (χ4v) is 1.25. The summed E-state index contributed by atoms with van der Waals surface area (Å²) in [5.41, 5.74) is 5.24. The van der Waals surface area contributed by atoms with Gasteiger partial charge in [-0.3, -0.25) is 4.79 Å². The summed E-state index contributed by atoms with van der Waals surface area (Å²) in [6.07, 6.45) is 0. The Labute approximate surface area is 74.1 Å². The molecule has 0 aliphatic rings. The first kappa shape index (κ1) is 9.00. The highest BCUT2D eigenvalue weighted by Crippen LogP contribution is 2.21. The fraction of sp³-hybridized carbons (Fsp3) is 0.125. The van der Waals surface area contributed by atoms with Gasteiger partial charge in [-0.25, -0.2) is 4.39 Å². The van der Waals surface area contributed by atoms with Crippen molar-refractivity contribution in [3.8, 4) is 0 Å². The lowest BCUT2D eigenvalue weighted by Crippen LogP contribution is -2.14. The van der Waals surface area contributed by atoms with Crippen LogP contribution in [0.5, 0.6) is 0 Å². The monoisotopic (exact) mass is 187 g/mol. The number of amides is 1. The van der Waals surface area contributed by atoms with Crippen LogP contribution in [0.15, 0.2) is 12.1 Å². The summed E-state index contributed by atoms with van der Waals surface area (Å²) in [4.78, 5) is 10.8. The molecule has 1 aromatic rings. The average molecular weight is 188 g/mol. The molecule has 2 nitrogen and oxygen atoms in total. The Hall–Kier alpha value is -1.09. The smallest absolute Gasteiger partial charge is 0.250 e. The minimum absolute atomic E-state index is 0.0525. The van der Waals surface area contributed by atoms with E-state index >= 15 is 0 Å². The van der Waals surface area contributed by atoms with Crippen molar-refractivity contribution in [2.45, 2.75) is 6.92 Å². The van der Waals surface area contributed by atoms with Crippen molar-refractivity contribution in [2.24, 2.45) is 5.73 Å². The second-order valence-corrected chi connectivity index (χ2v) is 2.80. The molecular weight excluding hydrogens is 181 g/mol. The summed E-state index contributed by atoms with van der Waals surface area (Å²) >= 11 is 5.63. The van der Waals surface area contributed by atoms with Gasteiger partial charge in [0.15, 0.2) is 0 Å². The molecule has 0 aliphatic heterocycles. The van der Waals surface area contributed by atoms with Crippen molar-refractivity contribution in [3.63, 3.8) is 0 Å². The molecule has 64 valence electrons. The van der Waals surface area contributed by atoms with Gasteiger partial charge in [0, 0.05) is 0 Å². The average Bonchev–Trinajstić information content (AvgIpc) is 1.97. The SMILES string of the molecule is Cc1c(F)ccc(Cl)c1C(N)=O. The summed E-state index contributed by atoms with van der Waals surface area (Å²) in [5, 5.41) is 0.182. The number of halogens is 2. The van der Waals surface area contributed by atoms with E-state index in [0.29, 0.717) is 0 Å². The maximum Gasteiger partial charge on any atom is 0.250 e. The molecule has 12 heavy (non-hydrogen) atoms. The largest absolute Gasteiger partial charge is 0.366 e. The number of hydrogen-bond donors (Lipinski definition) is 1. The van der Waals surface area contributed by atoms with Crippen LogP contribution >= 0.6 is 11.6 Å². The van der Waals surface area contributed by atoms with Crippen LogP contribution in [0.2, 0.25) is 5.02 Å². The molecule has 0 aliphatic carbocycles. The summed E-state index contributed by atoms with van der Waals surface area (Å²) in [5.74, 6) is -1.19. The first-order chi connectivity index (χ1) is 5.54. The Bertz CT molecular complexity index is 338. The Morgan fingerprint density at radius 1 is 1.58 bits per heavy atom. The van der Waals surface area contributed by atoms with Crippen molar-refractivity contribution in [1.29, 1.82) is 0 Å². The summed E-state index contributed by atoms with van der Waals surface area (Å²) < 4.78 is 12.9. The molecule has 0 spiro atoms. The molecule has 0 radical (unpaired) electrons. The van der Waals surface area contributed by atoms with Crippen molar-refractivity contribution < 1.29 is 9.18 Å². The van der Waals surface area contributed by atoms with E-state index in [4.69, 9.17) is 17.3 Å². The van der Waals surface area contributed by atoms with E-state index in [-0.39, 0.29) is 16.1 Å². The van der Waals surface area contributed by atoms with E-state index in [9.17, 15) is 9.18 Å². The topological polar surface area (TPSA) is 43.1 Å². The summed E-state index contributed by atoms with van der Waals surface area (Å²) in [7, 11) is 0. The molecule has 0 bridgehead atoms. The number of hydrogen-bond acceptors (Lipinski definition) is 1. The van der Waals surface area contributed by atoms with Gasteiger partial charge >= 0.3 is 0 Å². The van der Waals surface area contributed by atoms with Gasteiger partial charge in [-0.05, 0) is 24.6 Å². The van der Waals surface area contributed by atoms with Crippen LogP contribution < -0.4 is 5.73 Å². The number of carbonyl (C=O) groups is 1. The number of nitrogens with two attached hydrogens (primary N) is 1. The Morgan fingerprint density at radius 2 is 2.17 bits per heavy atom. The molecule has 0 saturated carbocycles. The second-order valence-electron chi connectivity index (χ2n) is 2.39. The van der Waals surface area contributed by atoms with E-state index in [1.807, 2.05) is 0 Å². The fourth-order valence-electron chi connectivity index (χ4n) is 0.956.